The maximum atomic E-state index is 9.42. The van der Waals surface area contributed by atoms with Crippen molar-refractivity contribution in [2.45, 2.75) is 59.1 Å². The smallest absolute Gasteiger partial charge is 0.129 e. The Hall–Kier alpha value is -1.09. The van der Waals surface area contributed by atoms with Crippen LogP contribution in [0.5, 0.6) is 0 Å². The molecule has 1 aliphatic heterocycles. The number of aliphatic hydroxyl groups excluding tert-OH is 1. The average molecular weight is 262 g/mol. The summed E-state index contributed by atoms with van der Waals surface area (Å²) in [5.41, 5.74) is 2.09. The van der Waals surface area contributed by atoms with Gasteiger partial charge in [-0.3, -0.25) is 0 Å². The molecule has 0 bridgehead atoms. The lowest BCUT2D eigenvalue weighted by atomic mass is 9.92. The van der Waals surface area contributed by atoms with Gasteiger partial charge in [-0.15, -0.1) is 0 Å². The minimum absolute atomic E-state index is 0.101. The zero-order valence-corrected chi connectivity index (χ0v) is 12.4. The minimum Gasteiger partial charge on any atom is -0.392 e. The van der Waals surface area contributed by atoms with Crippen molar-refractivity contribution in [1.29, 1.82) is 0 Å². The molecule has 0 radical (unpaired) electrons. The van der Waals surface area contributed by atoms with E-state index in [0.29, 0.717) is 12.0 Å². The number of piperidine rings is 1. The van der Waals surface area contributed by atoms with Gasteiger partial charge in [-0.05, 0) is 49.8 Å². The number of aliphatic hydroxyl groups is 1. The summed E-state index contributed by atoms with van der Waals surface area (Å²) in [6.07, 6.45) is 4.62. The summed E-state index contributed by atoms with van der Waals surface area (Å²) in [5, 5.41) is 9.42. The van der Waals surface area contributed by atoms with Crippen LogP contribution < -0.4 is 4.90 Å². The third-order valence-corrected chi connectivity index (χ3v) is 4.28. The Morgan fingerprint density at radius 2 is 2.16 bits per heavy atom. The molecule has 1 N–H and O–H groups in total. The van der Waals surface area contributed by atoms with Crippen LogP contribution in [0.1, 0.15) is 51.3 Å². The minimum atomic E-state index is 0.101. The van der Waals surface area contributed by atoms with E-state index in [2.05, 4.69) is 25.7 Å². The number of anilines is 1. The average Bonchev–Trinajstić information content (AvgIpc) is 2.42. The summed E-state index contributed by atoms with van der Waals surface area (Å²) in [6.45, 7) is 7.96. The lowest BCUT2D eigenvalue weighted by molar-refractivity contribution is 0.281. The molecule has 1 aliphatic rings. The Bertz CT molecular complexity index is 419. The highest BCUT2D eigenvalue weighted by atomic mass is 16.3. The maximum absolute atomic E-state index is 9.42. The summed E-state index contributed by atoms with van der Waals surface area (Å²) in [5.74, 6) is 1.76. The lowest BCUT2D eigenvalue weighted by Gasteiger charge is -2.39. The number of nitrogens with zero attached hydrogens (tertiary/aromatic N) is 2. The third kappa shape index (κ3) is 3.27. The standard InChI is InChI=1S/C16H26N2O/c1-4-6-15-9-14(11-19)10-16(17-15)18-8-5-7-12(2)13(18)3/h9-10,12-13,19H,4-8,11H2,1-3H3. The molecule has 19 heavy (non-hydrogen) atoms. The number of pyridine rings is 1. The van der Waals surface area contributed by atoms with Crippen LogP contribution in [0.15, 0.2) is 12.1 Å². The number of hydrogen-bond donors (Lipinski definition) is 1. The van der Waals surface area contributed by atoms with Crippen molar-refractivity contribution >= 4 is 5.82 Å². The van der Waals surface area contributed by atoms with Gasteiger partial charge in [-0.1, -0.05) is 20.3 Å². The van der Waals surface area contributed by atoms with Gasteiger partial charge in [0, 0.05) is 18.3 Å². The second-order valence-electron chi connectivity index (χ2n) is 5.79. The molecule has 3 heteroatoms. The lowest BCUT2D eigenvalue weighted by Crippen LogP contribution is -2.43. The first kappa shape index (κ1) is 14.3. The molecule has 1 fully saturated rings. The first-order chi connectivity index (χ1) is 9.15. The van der Waals surface area contributed by atoms with Crippen LogP contribution in [0.2, 0.25) is 0 Å². The van der Waals surface area contributed by atoms with E-state index in [-0.39, 0.29) is 6.61 Å². The van der Waals surface area contributed by atoms with Crippen LogP contribution in [-0.2, 0) is 13.0 Å². The highest BCUT2D eigenvalue weighted by Gasteiger charge is 2.25. The summed E-state index contributed by atoms with van der Waals surface area (Å²) >= 11 is 0. The molecule has 1 saturated heterocycles. The molecule has 106 valence electrons. The highest BCUT2D eigenvalue weighted by molar-refractivity contribution is 5.44. The normalized spacial score (nSPS) is 23.7. The second kappa shape index (κ2) is 6.38. The molecule has 1 aromatic rings. The van der Waals surface area contributed by atoms with Gasteiger partial charge in [0.25, 0.3) is 0 Å². The molecule has 2 rings (SSSR count). The van der Waals surface area contributed by atoms with Crippen molar-refractivity contribution < 1.29 is 5.11 Å². The van der Waals surface area contributed by atoms with Gasteiger partial charge in [-0.2, -0.15) is 0 Å². The molecule has 0 amide bonds. The van der Waals surface area contributed by atoms with Gasteiger partial charge in [0.2, 0.25) is 0 Å². The summed E-state index contributed by atoms with van der Waals surface area (Å²) in [6, 6.07) is 4.61. The van der Waals surface area contributed by atoms with E-state index in [1.807, 2.05) is 12.1 Å². The SMILES string of the molecule is CCCc1cc(CO)cc(N2CCCC(C)C2C)n1. The molecule has 2 heterocycles. The first-order valence-electron chi connectivity index (χ1n) is 7.53. The molecule has 1 aromatic heterocycles. The van der Waals surface area contributed by atoms with E-state index in [0.717, 1.165) is 36.5 Å². The van der Waals surface area contributed by atoms with E-state index in [1.54, 1.807) is 0 Å². The fourth-order valence-electron chi connectivity index (χ4n) is 2.91. The zero-order chi connectivity index (χ0) is 13.8. The number of aryl methyl sites for hydroxylation is 1. The van der Waals surface area contributed by atoms with Crippen LogP contribution in [0, 0.1) is 5.92 Å². The van der Waals surface area contributed by atoms with Gasteiger partial charge in [-0.25, -0.2) is 4.98 Å². The molecule has 2 atom stereocenters. The topological polar surface area (TPSA) is 36.4 Å². The second-order valence-corrected chi connectivity index (χ2v) is 5.79. The molecule has 3 nitrogen and oxygen atoms in total. The molecule has 0 aliphatic carbocycles. The van der Waals surface area contributed by atoms with Crippen LogP contribution in [0.3, 0.4) is 0 Å². The van der Waals surface area contributed by atoms with Crippen molar-refractivity contribution in [3.05, 3.63) is 23.4 Å². The van der Waals surface area contributed by atoms with Crippen molar-refractivity contribution in [2.75, 3.05) is 11.4 Å². The van der Waals surface area contributed by atoms with Crippen molar-refractivity contribution in [2.24, 2.45) is 5.92 Å². The van der Waals surface area contributed by atoms with Crippen molar-refractivity contribution in [1.82, 2.24) is 4.98 Å². The molecular weight excluding hydrogens is 236 g/mol. The Labute approximate surface area is 116 Å². The monoisotopic (exact) mass is 262 g/mol. The summed E-state index contributed by atoms with van der Waals surface area (Å²) in [4.78, 5) is 7.20. The fourth-order valence-corrected chi connectivity index (χ4v) is 2.91. The van der Waals surface area contributed by atoms with Crippen molar-refractivity contribution in [3.8, 4) is 0 Å². The number of hydrogen-bond acceptors (Lipinski definition) is 3. The first-order valence-corrected chi connectivity index (χ1v) is 7.53. The molecule has 0 saturated carbocycles. The van der Waals surface area contributed by atoms with Crippen LogP contribution in [-0.4, -0.2) is 22.7 Å². The fraction of sp³-hybridized carbons (Fsp3) is 0.688. The predicted molar refractivity (Wildman–Crippen MR) is 79.4 cm³/mol. The number of aromatic nitrogens is 1. The van der Waals surface area contributed by atoms with E-state index in [1.165, 1.54) is 12.8 Å². The highest BCUT2D eigenvalue weighted by Crippen LogP contribution is 2.28. The summed E-state index contributed by atoms with van der Waals surface area (Å²) < 4.78 is 0. The van der Waals surface area contributed by atoms with Gasteiger partial charge >= 0.3 is 0 Å². The van der Waals surface area contributed by atoms with Crippen LogP contribution in [0.25, 0.3) is 0 Å². The van der Waals surface area contributed by atoms with Crippen molar-refractivity contribution in [3.63, 3.8) is 0 Å². The van der Waals surface area contributed by atoms with E-state index in [4.69, 9.17) is 4.98 Å². The Kier molecular flexibility index (Phi) is 4.81. The van der Waals surface area contributed by atoms with E-state index in [9.17, 15) is 5.11 Å². The van der Waals surface area contributed by atoms with Crippen LogP contribution in [0.4, 0.5) is 5.82 Å². The largest absolute Gasteiger partial charge is 0.392 e. The Morgan fingerprint density at radius 3 is 2.84 bits per heavy atom. The maximum Gasteiger partial charge on any atom is 0.129 e. The van der Waals surface area contributed by atoms with Gasteiger partial charge in [0.05, 0.1) is 6.61 Å². The van der Waals surface area contributed by atoms with Gasteiger partial charge in [0.1, 0.15) is 5.82 Å². The quantitative estimate of drug-likeness (QED) is 0.905. The zero-order valence-electron chi connectivity index (χ0n) is 12.4. The van der Waals surface area contributed by atoms with E-state index >= 15 is 0 Å². The Balaban J connectivity index is 2.29. The molecule has 0 spiro atoms. The summed E-state index contributed by atoms with van der Waals surface area (Å²) in [7, 11) is 0. The molecule has 0 aromatic carbocycles. The third-order valence-electron chi connectivity index (χ3n) is 4.28. The van der Waals surface area contributed by atoms with Gasteiger partial charge < -0.3 is 10.0 Å². The van der Waals surface area contributed by atoms with E-state index < -0.39 is 0 Å². The predicted octanol–water partition coefficient (Wildman–Crippen LogP) is 3.15. The number of rotatable bonds is 4. The Morgan fingerprint density at radius 1 is 1.37 bits per heavy atom. The van der Waals surface area contributed by atoms with Gasteiger partial charge in [0.15, 0.2) is 0 Å². The van der Waals surface area contributed by atoms with Crippen LogP contribution >= 0.6 is 0 Å². The molecule has 2 unspecified atom stereocenters. The molecular formula is C16H26N2O.